The Morgan fingerprint density at radius 2 is 1.95 bits per heavy atom. The second-order valence-electron chi connectivity index (χ2n) is 11.9. The Hall–Kier alpha value is -3.46. The molecule has 1 aromatic heterocycles. The zero-order chi connectivity index (χ0) is 29.0. The van der Waals surface area contributed by atoms with E-state index >= 15 is 0 Å². The molecule has 2 atom stereocenters. The topological polar surface area (TPSA) is 76.8 Å². The molecule has 3 aliphatic rings. The van der Waals surface area contributed by atoms with Crippen LogP contribution in [0.25, 0.3) is 11.0 Å². The van der Waals surface area contributed by atoms with Crippen LogP contribution in [0, 0.1) is 5.82 Å². The Morgan fingerprint density at radius 1 is 1.14 bits per heavy atom. The van der Waals surface area contributed by atoms with E-state index in [4.69, 9.17) is 26.1 Å². The van der Waals surface area contributed by atoms with Gasteiger partial charge in [-0.05, 0) is 87.2 Å². The number of hydrogen-bond acceptors (Lipinski definition) is 5. The Labute approximate surface area is 248 Å². The summed E-state index contributed by atoms with van der Waals surface area (Å²) in [7, 11) is 0. The quantitative estimate of drug-likeness (QED) is 0.264. The van der Waals surface area contributed by atoms with Crippen molar-refractivity contribution in [1.82, 2.24) is 14.5 Å². The molecule has 0 amide bonds. The van der Waals surface area contributed by atoms with Crippen LogP contribution in [0.2, 0.25) is 5.02 Å². The molecule has 4 aromatic rings. The number of benzene rings is 3. The highest BCUT2D eigenvalue weighted by Gasteiger charge is 2.40. The zero-order valence-corrected chi connectivity index (χ0v) is 24.2. The van der Waals surface area contributed by atoms with Crippen LogP contribution in [0.15, 0.2) is 54.6 Å². The highest BCUT2D eigenvalue weighted by molar-refractivity contribution is 6.30. The van der Waals surface area contributed by atoms with Crippen molar-refractivity contribution in [3.63, 3.8) is 0 Å². The van der Waals surface area contributed by atoms with Crippen molar-refractivity contribution in [1.29, 1.82) is 0 Å². The lowest BCUT2D eigenvalue weighted by Crippen LogP contribution is -2.35. The number of carbonyl (C=O) groups is 1. The summed E-state index contributed by atoms with van der Waals surface area (Å²) in [4.78, 5) is 19.0. The van der Waals surface area contributed by atoms with E-state index in [1.165, 1.54) is 17.2 Å². The summed E-state index contributed by atoms with van der Waals surface area (Å²) in [5, 5.41) is 9.91. The molecule has 1 N–H and O–H groups in total. The SMILES string of the molecule is CC1(c2ccc(Cl)cc2F)Cc2c(cccc2C2CCN(Cc3nc4ccc(C(=O)O)cc4n3C[C@@H]3CCO3)CC2)O1. The number of carboxylic acids is 1. The van der Waals surface area contributed by atoms with Crippen LogP contribution in [-0.2, 0) is 29.8 Å². The predicted molar refractivity (Wildman–Crippen MR) is 158 cm³/mol. The van der Waals surface area contributed by atoms with E-state index < -0.39 is 11.6 Å². The van der Waals surface area contributed by atoms with Crippen LogP contribution in [0.3, 0.4) is 0 Å². The maximum atomic E-state index is 14.9. The number of aromatic carboxylic acids is 1. The normalized spacial score (nSPS) is 22.6. The van der Waals surface area contributed by atoms with E-state index in [2.05, 4.69) is 15.5 Å². The highest BCUT2D eigenvalue weighted by Crippen LogP contribution is 2.46. The molecule has 0 radical (unpaired) electrons. The Balaban J connectivity index is 1.08. The summed E-state index contributed by atoms with van der Waals surface area (Å²) in [5.41, 5.74) is 4.12. The molecule has 2 saturated heterocycles. The smallest absolute Gasteiger partial charge is 0.335 e. The number of rotatable bonds is 7. The highest BCUT2D eigenvalue weighted by atomic mass is 35.5. The van der Waals surface area contributed by atoms with Crippen molar-refractivity contribution in [2.24, 2.45) is 0 Å². The van der Waals surface area contributed by atoms with Gasteiger partial charge >= 0.3 is 5.97 Å². The van der Waals surface area contributed by atoms with Gasteiger partial charge < -0.3 is 19.1 Å². The van der Waals surface area contributed by atoms with Gasteiger partial charge in [-0.2, -0.15) is 0 Å². The lowest BCUT2D eigenvalue weighted by Gasteiger charge is -2.33. The van der Waals surface area contributed by atoms with Crippen LogP contribution in [-0.4, -0.2) is 51.3 Å². The molecule has 7 rings (SSSR count). The minimum Gasteiger partial charge on any atom is -0.482 e. The van der Waals surface area contributed by atoms with Crippen LogP contribution < -0.4 is 4.74 Å². The third-order valence-electron chi connectivity index (χ3n) is 9.17. The van der Waals surface area contributed by atoms with Gasteiger partial charge in [0, 0.05) is 29.2 Å². The number of imidazole rings is 1. The summed E-state index contributed by atoms with van der Waals surface area (Å²) in [5.74, 6) is 0.875. The van der Waals surface area contributed by atoms with Crippen molar-refractivity contribution in [3.8, 4) is 5.75 Å². The molecule has 4 heterocycles. The molecule has 7 nitrogen and oxygen atoms in total. The number of nitrogens with zero attached hydrogens (tertiary/aromatic N) is 3. The van der Waals surface area contributed by atoms with Crippen molar-refractivity contribution in [2.75, 3.05) is 19.7 Å². The Morgan fingerprint density at radius 3 is 2.67 bits per heavy atom. The molecule has 9 heteroatoms. The average Bonchev–Trinajstić information content (AvgIpc) is 3.47. The Bertz CT molecular complexity index is 1680. The van der Waals surface area contributed by atoms with Crippen molar-refractivity contribution < 1.29 is 23.8 Å². The molecule has 3 aromatic carbocycles. The fourth-order valence-corrected chi connectivity index (χ4v) is 6.96. The van der Waals surface area contributed by atoms with Gasteiger partial charge in [-0.3, -0.25) is 4.90 Å². The van der Waals surface area contributed by atoms with Gasteiger partial charge in [0.15, 0.2) is 0 Å². The molecule has 1 unspecified atom stereocenters. The number of halogens is 2. The van der Waals surface area contributed by atoms with Crippen LogP contribution >= 0.6 is 11.6 Å². The molecule has 2 fully saturated rings. The van der Waals surface area contributed by atoms with Gasteiger partial charge in [0.1, 0.15) is 23.0 Å². The average molecular weight is 590 g/mol. The van der Waals surface area contributed by atoms with Crippen molar-refractivity contribution in [2.45, 2.75) is 63.3 Å². The van der Waals surface area contributed by atoms with Gasteiger partial charge in [-0.25, -0.2) is 14.2 Å². The maximum absolute atomic E-state index is 14.9. The molecule has 218 valence electrons. The molecular formula is C33H33ClFN3O4. The predicted octanol–water partition coefficient (Wildman–Crippen LogP) is 6.55. The van der Waals surface area contributed by atoms with Gasteiger partial charge in [-0.1, -0.05) is 29.8 Å². The number of hydrogen-bond donors (Lipinski definition) is 1. The van der Waals surface area contributed by atoms with Crippen LogP contribution in [0.5, 0.6) is 5.75 Å². The molecule has 0 spiro atoms. The summed E-state index contributed by atoms with van der Waals surface area (Å²) in [6.07, 6.45) is 3.74. The second kappa shape index (κ2) is 10.7. The van der Waals surface area contributed by atoms with Gasteiger partial charge in [-0.15, -0.1) is 0 Å². The van der Waals surface area contributed by atoms with Gasteiger partial charge in [0.05, 0.1) is 35.8 Å². The van der Waals surface area contributed by atoms with Gasteiger partial charge in [0.2, 0.25) is 0 Å². The van der Waals surface area contributed by atoms with Crippen LogP contribution in [0.4, 0.5) is 4.39 Å². The van der Waals surface area contributed by atoms with Crippen molar-refractivity contribution >= 4 is 28.6 Å². The summed E-state index contributed by atoms with van der Waals surface area (Å²) < 4.78 is 29.1. The van der Waals surface area contributed by atoms with Gasteiger partial charge in [0.25, 0.3) is 0 Å². The largest absolute Gasteiger partial charge is 0.482 e. The molecule has 0 aliphatic carbocycles. The first kappa shape index (κ1) is 27.4. The van der Waals surface area contributed by atoms with Crippen LogP contribution in [0.1, 0.15) is 65.0 Å². The number of piperidine rings is 1. The number of fused-ring (bicyclic) bond motifs is 2. The number of likely N-dealkylation sites (tertiary alicyclic amines) is 1. The minimum atomic E-state index is -0.940. The van der Waals surface area contributed by atoms with E-state index in [9.17, 15) is 14.3 Å². The lowest BCUT2D eigenvalue weighted by molar-refractivity contribution is -0.0592. The number of ether oxygens (including phenoxy) is 2. The first-order valence-electron chi connectivity index (χ1n) is 14.6. The maximum Gasteiger partial charge on any atom is 0.335 e. The first-order valence-corrected chi connectivity index (χ1v) is 15.0. The van der Waals surface area contributed by atoms with E-state index in [0.717, 1.165) is 61.6 Å². The molecule has 42 heavy (non-hydrogen) atoms. The fourth-order valence-electron chi connectivity index (χ4n) is 6.80. The van der Waals surface area contributed by atoms with Crippen molar-refractivity contribution in [3.05, 3.63) is 93.5 Å². The molecule has 0 bridgehead atoms. The number of aromatic nitrogens is 2. The summed E-state index contributed by atoms with van der Waals surface area (Å²) >= 11 is 6.01. The van der Waals surface area contributed by atoms with E-state index in [-0.39, 0.29) is 17.5 Å². The standard InChI is InChI=1S/C33H33ClFN3O4/c1-33(26-7-6-22(34)16-27(26)35)17-25-24(3-2-4-30(25)42-33)20-9-12-37(13-10-20)19-31-36-28-8-5-21(32(39)40)15-29(28)38(31)18-23-11-14-41-23/h2-8,15-16,20,23H,9-14,17-19H2,1H3,(H,39,40)/t23-,33?/m0/s1. The third kappa shape index (κ3) is 4.95. The first-order chi connectivity index (χ1) is 20.3. The monoisotopic (exact) mass is 589 g/mol. The lowest BCUT2D eigenvalue weighted by atomic mass is 9.82. The van der Waals surface area contributed by atoms with E-state index in [1.807, 2.05) is 19.1 Å². The molecular weight excluding hydrogens is 557 g/mol. The fraction of sp³-hybridized carbons (Fsp3) is 0.394. The van der Waals surface area contributed by atoms with E-state index in [0.29, 0.717) is 36.0 Å². The molecule has 0 saturated carbocycles. The zero-order valence-electron chi connectivity index (χ0n) is 23.5. The molecule has 3 aliphatic heterocycles. The minimum absolute atomic E-state index is 0.134. The Kier molecular flexibility index (Phi) is 6.95. The second-order valence-corrected chi connectivity index (χ2v) is 12.4. The number of carboxylic acid groups (broad SMARTS) is 1. The summed E-state index contributed by atoms with van der Waals surface area (Å²) in [6, 6.07) is 16.2. The summed E-state index contributed by atoms with van der Waals surface area (Å²) in [6.45, 7) is 5.92. The third-order valence-corrected chi connectivity index (χ3v) is 9.40. The van der Waals surface area contributed by atoms with E-state index in [1.54, 1.807) is 30.3 Å².